The van der Waals surface area contributed by atoms with Crippen LogP contribution in [0.2, 0.25) is 0 Å². The van der Waals surface area contributed by atoms with Crippen LogP contribution in [0.5, 0.6) is 0 Å². The molecule has 0 fully saturated rings. The zero-order valence-electron chi connectivity index (χ0n) is 11.7. The molecule has 5 heteroatoms. The Hall–Kier alpha value is -2.01. The maximum absolute atomic E-state index is 13.6. The van der Waals surface area contributed by atoms with Crippen LogP contribution in [0.4, 0.5) is 4.39 Å². The van der Waals surface area contributed by atoms with E-state index in [4.69, 9.17) is 0 Å². The molecule has 0 amide bonds. The molecule has 2 aromatic rings. The molecule has 0 saturated carbocycles. The Kier molecular flexibility index (Phi) is 4.23. The summed E-state index contributed by atoms with van der Waals surface area (Å²) < 4.78 is 38.5. The van der Waals surface area contributed by atoms with Gasteiger partial charge in [-0.3, -0.25) is 4.79 Å². The lowest BCUT2D eigenvalue weighted by atomic mass is 10.1. The molecule has 3 nitrogen and oxygen atoms in total. The Morgan fingerprint density at radius 2 is 1.62 bits per heavy atom. The highest BCUT2D eigenvalue weighted by molar-refractivity contribution is 7.92. The lowest BCUT2D eigenvalue weighted by Gasteiger charge is -2.13. The van der Waals surface area contributed by atoms with Crippen LogP contribution in [0, 0.1) is 12.7 Å². The van der Waals surface area contributed by atoms with Crippen molar-refractivity contribution in [2.24, 2.45) is 0 Å². The number of sulfone groups is 1. The van der Waals surface area contributed by atoms with Gasteiger partial charge >= 0.3 is 0 Å². The van der Waals surface area contributed by atoms with Gasteiger partial charge in [-0.15, -0.1) is 0 Å². The number of hydrogen-bond acceptors (Lipinski definition) is 3. The van der Waals surface area contributed by atoms with Crippen molar-refractivity contribution in [2.45, 2.75) is 24.0 Å². The van der Waals surface area contributed by atoms with Gasteiger partial charge in [-0.1, -0.05) is 29.8 Å². The zero-order chi connectivity index (χ0) is 15.6. The Morgan fingerprint density at radius 3 is 2.19 bits per heavy atom. The lowest BCUT2D eigenvalue weighted by Crippen LogP contribution is -2.28. The lowest BCUT2D eigenvalue weighted by molar-refractivity contribution is 0.0987. The minimum absolute atomic E-state index is 0.0605. The summed E-state index contributed by atoms with van der Waals surface area (Å²) in [5.74, 6) is -1.46. The molecule has 0 radical (unpaired) electrons. The van der Waals surface area contributed by atoms with Crippen LogP contribution in [0.3, 0.4) is 0 Å². The number of halogens is 1. The van der Waals surface area contributed by atoms with Crippen LogP contribution in [0.25, 0.3) is 0 Å². The van der Waals surface area contributed by atoms with Crippen molar-refractivity contribution in [3.8, 4) is 0 Å². The monoisotopic (exact) mass is 306 g/mol. The molecule has 0 aliphatic rings. The molecule has 0 saturated heterocycles. The third-order valence-electron chi connectivity index (χ3n) is 3.32. The largest absolute Gasteiger partial charge is 0.293 e. The summed E-state index contributed by atoms with van der Waals surface area (Å²) in [5, 5.41) is -1.34. The Balaban J connectivity index is 2.39. The SMILES string of the molecule is Cc1ccc(S(=O)(=O)C(C)C(=O)c2ccccc2F)cc1. The van der Waals surface area contributed by atoms with Crippen molar-refractivity contribution < 1.29 is 17.6 Å². The quantitative estimate of drug-likeness (QED) is 0.815. The highest BCUT2D eigenvalue weighted by Crippen LogP contribution is 2.21. The van der Waals surface area contributed by atoms with Crippen LogP contribution in [-0.2, 0) is 9.84 Å². The topological polar surface area (TPSA) is 51.2 Å². The van der Waals surface area contributed by atoms with E-state index in [1.165, 1.54) is 37.3 Å². The van der Waals surface area contributed by atoms with E-state index in [9.17, 15) is 17.6 Å². The molecule has 0 heterocycles. The minimum atomic E-state index is -3.84. The minimum Gasteiger partial charge on any atom is -0.293 e. The van der Waals surface area contributed by atoms with Gasteiger partial charge in [-0.05, 0) is 38.1 Å². The predicted molar refractivity (Wildman–Crippen MR) is 78.6 cm³/mol. The fraction of sp³-hybridized carbons (Fsp3) is 0.188. The van der Waals surface area contributed by atoms with E-state index in [0.29, 0.717) is 0 Å². The van der Waals surface area contributed by atoms with E-state index in [-0.39, 0.29) is 10.5 Å². The van der Waals surface area contributed by atoms with Crippen molar-refractivity contribution in [3.05, 3.63) is 65.5 Å². The summed E-state index contributed by atoms with van der Waals surface area (Å²) in [6.07, 6.45) is 0. The van der Waals surface area contributed by atoms with E-state index in [1.54, 1.807) is 12.1 Å². The molecule has 0 N–H and O–H groups in total. The number of carbonyl (C=O) groups is 1. The van der Waals surface area contributed by atoms with Gasteiger partial charge in [-0.2, -0.15) is 0 Å². The first-order valence-electron chi connectivity index (χ1n) is 6.43. The number of ketones is 1. The average Bonchev–Trinajstić information content (AvgIpc) is 2.46. The van der Waals surface area contributed by atoms with Gasteiger partial charge < -0.3 is 0 Å². The molecule has 110 valence electrons. The molecule has 0 bridgehead atoms. The Morgan fingerprint density at radius 1 is 1.05 bits per heavy atom. The van der Waals surface area contributed by atoms with Crippen LogP contribution >= 0.6 is 0 Å². The molecule has 1 unspecified atom stereocenters. The highest BCUT2D eigenvalue weighted by Gasteiger charge is 2.31. The van der Waals surface area contributed by atoms with E-state index in [0.717, 1.165) is 11.6 Å². The Bertz CT molecular complexity index is 764. The van der Waals surface area contributed by atoms with Gasteiger partial charge in [0.1, 0.15) is 11.1 Å². The van der Waals surface area contributed by atoms with Crippen LogP contribution in [0.15, 0.2) is 53.4 Å². The van der Waals surface area contributed by atoms with Crippen molar-refractivity contribution >= 4 is 15.6 Å². The molecular weight excluding hydrogens is 291 g/mol. The second-order valence-electron chi connectivity index (χ2n) is 4.84. The normalized spacial score (nSPS) is 12.9. The highest BCUT2D eigenvalue weighted by atomic mass is 32.2. The summed E-state index contributed by atoms with van der Waals surface area (Å²) in [5.41, 5.74) is 0.711. The maximum atomic E-state index is 13.6. The summed E-state index contributed by atoms with van der Waals surface area (Å²) >= 11 is 0. The first-order chi connectivity index (χ1) is 9.84. The molecule has 2 aromatic carbocycles. The van der Waals surface area contributed by atoms with Gasteiger partial charge in [-0.25, -0.2) is 12.8 Å². The predicted octanol–water partition coefficient (Wildman–Crippen LogP) is 3.18. The second-order valence-corrected chi connectivity index (χ2v) is 7.11. The van der Waals surface area contributed by atoms with Gasteiger partial charge in [0.25, 0.3) is 0 Å². The van der Waals surface area contributed by atoms with Crippen LogP contribution in [-0.4, -0.2) is 19.5 Å². The molecule has 0 aliphatic carbocycles. The summed E-state index contributed by atoms with van der Waals surface area (Å²) in [7, 11) is -3.84. The number of Topliss-reactive ketones (excluding diaryl/α,β-unsaturated/α-hetero) is 1. The molecule has 2 rings (SSSR count). The average molecular weight is 306 g/mol. The number of hydrogen-bond donors (Lipinski definition) is 0. The smallest absolute Gasteiger partial charge is 0.188 e. The summed E-state index contributed by atoms with van der Waals surface area (Å²) in [6, 6.07) is 11.6. The van der Waals surface area contributed by atoms with Crippen molar-refractivity contribution in [1.82, 2.24) is 0 Å². The molecule has 0 aromatic heterocycles. The maximum Gasteiger partial charge on any atom is 0.188 e. The number of aryl methyl sites for hydroxylation is 1. The molecule has 21 heavy (non-hydrogen) atoms. The van der Waals surface area contributed by atoms with E-state index >= 15 is 0 Å². The van der Waals surface area contributed by atoms with Gasteiger partial charge in [0, 0.05) is 0 Å². The van der Waals surface area contributed by atoms with Gasteiger partial charge in [0.15, 0.2) is 15.6 Å². The van der Waals surface area contributed by atoms with Crippen LogP contribution < -0.4 is 0 Å². The Labute approximate surface area is 123 Å². The summed E-state index contributed by atoms with van der Waals surface area (Å²) in [6.45, 7) is 3.12. The number of rotatable bonds is 4. The summed E-state index contributed by atoms with van der Waals surface area (Å²) in [4.78, 5) is 12.3. The van der Waals surface area contributed by atoms with E-state index in [1.807, 2.05) is 6.92 Å². The number of benzene rings is 2. The van der Waals surface area contributed by atoms with Crippen LogP contribution in [0.1, 0.15) is 22.8 Å². The zero-order valence-corrected chi connectivity index (χ0v) is 12.5. The first kappa shape index (κ1) is 15.4. The third-order valence-corrected chi connectivity index (χ3v) is 5.40. The fourth-order valence-corrected chi connectivity index (χ4v) is 3.29. The standard InChI is InChI=1S/C16H15FO3S/c1-11-7-9-13(10-8-11)21(19,20)12(2)16(18)14-5-3-4-6-15(14)17/h3-10,12H,1-2H3. The van der Waals surface area contributed by atoms with Gasteiger partial charge in [0.05, 0.1) is 10.5 Å². The number of carbonyl (C=O) groups excluding carboxylic acids is 1. The van der Waals surface area contributed by atoms with E-state index in [2.05, 4.69) is 0 Å². The fourth-order valence-electron chi connectivity index (χ4n) is 1.95. The first-order valence-corrected chi connectivity index (χ1v) is 7.98. The second kappa shape index (κ2) is 5.77. The molecule has 1 atom stereocenters. The van der Waals surface area contributed by atoms with Crippen molar-refractivity contribution in [1.29, 1.82) is 0 Å². The van der Waals surface area contributed by atoms with Crippen molar-refractivity contribution in [2.75, 3.05) is 0 Å². The van der Waals surface area contributed by atoms with E-state index < -0.39 is 26.7 Å². The van der Waals surface area contributed by atoms with Gasteiger partial charge in [0.2, 0.25) is 0 Å². The molecule has 0 aliphatic heterocycles. The third kappa shape index (κ3) is 3.03. The molecular formula is C16H15FO3S. The molecule has 0 spiro atoms. The van der Waals surface area contributed by atoms with Crippen molar-refractivity contribution in [3.63, 3.8) is 0 Å².